The monoisotopic (exact) mass is 248 g/mol. The first-order chi connectivity index (χ1) is 8.54. The fourth-order valence-electron chi connectivity index (χ4n) is 1.42. The van der Waals surface area contributed by atoms with Gasteiger partial charge in [-0.05, 0) is 30.3 Å². The van der Waals surface area contributed by atoms with Crippen molar-refractivity contribution in [3.05, 3.63) is 58.1 Å². The summed E-state index contributed by atoms with van der Waals surface area (Å²) in [5.74, 6) is -1.34. The Bertz CT molecular complexity index is 635. The highest BCUT2D eigenvalue weighted by molar-refractivity contribution is 5.88. The van der Waals surface area contributed by atoms with Crippen molar-refractivity contribution in [2.24, 2.45) is 0 Å². The molecule has 0 radical (unpaired) electrons. The zero-order chi connectivity index (χ0) is 13.1. The Morgan fingerprint density at radius 3 is 2.50 bits per heavy atom. The third-order valence-corrected chi connectivity index (χ3v) is 2.21. The lowest BCUT2D eigenvalue weighted by atomic mass is 10.2. The van der Waals surface area contributed by atoms with Crippen LogP contribution < -0.4 is 10.9 Å². The summed E-state index contributed by atoms with van der Waals surface area (Å²) in [6, 6.07) is 7.72. The van der Waals surface area contributed by atoms with E-state index in [4.69, 9.17) is 5.11 Å². The van der Waals surface area contributed by atoms with Gasteiger partial charge in [-0.1, -0.05) is 0 Å². The number of pyridine rings is 1. The summed E-state index contributed by atoms with van der Waals surface area (Å²) in [7, 11) is 0. The average Bonchev–Trinajstić information content (AvgIpc) is 2.31. The van der Waals surface area contributed by atoms with E-state index in [1.807, 2.05) is 0 Å². The molecule has 0 spiro atoms. The highest BCUT2D eigenvalue weighted by Gasteiger charge is 2.06. The molecule has 6 heteroatoms. The van der Waals surface area contributed by atoms with Crippen molar-refractivity contribution in [1.82, 2.24) is 4.98 Å². The predicted octanol–water partition coefficient (Wildman–Crippen LogP) is 1.96. The number of hydrogen-bond donors (Lipinski definition) is 3. The number of benzene rings is 1. The Morgan fingerprint density at radius 2 is 1.89 bits per heavy atom. The number of H-pyrrole nitrogens is 1. The first kappa shape index (κ1) is 11.8. The molecule has 0 saturated carbocycles. The maximum atomic E-state index is 12.7. The van der Waals surface area contributed by atoms with E-state index < -0.39 is 11.5 Å². The van der Waals surface area contributed by atoms with E-state index in [9.17, 15) is 14.0 Å². The van der Waals surface area contributed by atoms with Crippen molar-refractivity contribution >= 4 is 17.5 Å². The summed E-state index contributed by atoms with van der Waals surface area (Å²) in [5, 5.41) is 11.6. The number of carbonyl (C=O) groups is 1. The van der Waals surface area contributed by atoms with Crippen LogP contribution in [0.15, 0.2) is 41.2 Å². The van der Waals surface area contributed by atoms with Gasteiger partial charge in [0.25, 0.3) is 0 Å². The number of aromatic amines is 1. The van der Waals surface area contributed by atoms with Gasteiger partial charge in [0.15, 0.2) is 0 Å². The number of hydrogen-bond acceptors (Lipinski definition) is 3. The predicted molar refractivity (Wildman–Crippen MR) is 63.7 cm³/mol. The minimum absolute atomic E-state index is 0.122. The van der Waals surface area contributed by atoms with Crippen LogP contribution in [0.2, 0.25) is 0 Å². The van der Waals surface area contributed by atoms with Gasteiger partial charge in [-0.2, -0.15) is 0 Å². The molecular weight excluding hydrogens is 239 g/mol. The second-order valence-corrected chi connectivity index (χ2v) is 3.58. The van der Waals surface area contributed by atoms with E-state index in [0.29, 0.717) is 5.69 Å². The van der Waals surface area contributed by atoms with Gasteiger partial charge in [-0.3, -0.25) is 4.79 Å². The van der Waals surface area contributed by atoms with Crippen LogP contribution in [0.3, 0.4) is 0 Å². The Hall–Kier alpha value is -2.63. The molecule has 2 aromatic rings. The molecule has 5 nitrogen and oxygen atoms in total. The van der Waals surface area contributed by atoms with Gasteiger partial charge in [0.1, 0.15) is 11.6 Å². The van der Waals surface area contributed by atoms with Crippen LogP contribution in [0.25, 0.3) is 0 Å². The van der Waals surface area contributed by atoms with Crippen LogP contribution in [0.4, 0.5) is 15.9 Å². The van der Waals surface area contributed by atoms with Crippen molar-refractivity contribution in [2.75, 3.05) is 5.32 Å². The molecule has 1 aromatic carbocycles. The summed E-state index contributed by atoms with van der Waals surface area (Å²) in [5.41, 5.74) is -0.113. The van der Waals surface area contributed by atoms with E-state index in [0.717, 1.165) is 6.07 Å². The van der Waals surface area contributed by atoms with Gasteiger partial charge < -0.3 is 15.4 Å². The molecule has 0 saturated heterocycles. The largest absolute Gasteiger partial charge is 0.478 e. The van der Waals surface area contributed by atoms with E-state index in [2.05, 4.69) is 10.3 Å². The van der Waals surface area contributed by atoms with Crippen molar-refractivity contribution < 1.29 is 14.3 Å². The smallest absolute Gasteiger partial charge is 0.336 e. The summed E-state index contributed by atoms with van der Waals surface area (Å²) >= 11 is 0. The van der Waals surface area contributed by atoms with Crippen LogP contribution in [0.5, 0.6) is 0 Å². The van der Waals surface area contributed by atoms with Crippen LogP contribution in [-0.2, 0) is 0 Å². The topological polar surface area (TPSA) is 82.2 Å². The zero-order valence-electron chi connectivity index (χ0n) is 9.11. The molecule has 1 heterocycles. The number of nitrogens with one attached hydrogen (secondary N) is 2. The van der Waals surface area contributed by atoms with Gasteiger partial charge in [0, 0.05) is 11.8 Å². The molecule has 0 atom stereocenters. The standard InChI is InChI=1S/C12H9FN2O3/c13-8-1-3-9(4-2-8)14-10-5-7(12(17)18)6-11(16)15-10/h1-6H,(H,17,18)(H2,14,15,16). The van der Waals surface area contributed by atoms with Gasteiger partial charge in [-0.25, -0.2) is 9.18 Å². The Labute approximate surface area is 101 Å². The second-order valence-electron chi connectivity index (χ2n) is 3.58. The van der Waals surface area contributed by atoms with Crippen molar-refractivity contribution in [1.29, 1.82) is 0 Å². The number of carboxylic acid groups (broad SMARTS) is 1. The third-order valence-electron chi connectivity index (χ3n) is 2.21. The van der Waals surface area contributed by atoms with Crippen LogP contribution in [0.1, 0.15) is 10.4 Å². The summed E-state index contributed by atoms with van der Waals surface area (Å²) in [6.07, 6.45) is 0. The summed E-state index contributed by atoms with van der Waals surface area (Å²) in [6.45, 7) is 0. The number of rotatable bonds is 3. The van der Waals surface area contributed by atoms with Gasteiger partial charge >= 0.3 is 5.97 Å². The van der Waals surface area contributed by atoms with Crippen LogP contribution in [-0.4, -0.2) is 16.1 Å². The number of carboxylic acids is 1. The van der Waals surface area contributed by atoms with Crippen LogP contribution >= 0.6 is 0 Å². The number of aromatic nitrogens is 1. The Balaban J connectivity index is 2.31. The molecule has 0 fully saturated rings. The lowest BCUT2D eigenvalue weighted by Gasteiger charge is -2.06. The first-order valence-electron chi connectivity index (χ1n) is 5.05. The molecule has 0 aliphatic carbocycles. The van der Waals surface area contributed by atoms with Gasteiger partial charge in [0.2, 0.25) is 5.56 Å². The van der Waals surface area contributed by atoms with Gasteiger partial charge in [-0.15, -0.1) is 0 Å². The fourth-order valence-corrected chi connectivity index (χ4v) is 1.42. The highest BCUT2D eigenvalue weighted by atomic mass is 19.1. The molecule has 0 bridgehead atoms. The van der Waals surface area contributed by atoms with E-state index in [1.54, 1.807) is 0 Å². The van der Waals surface area contributed by atoms with Crippen molar-refractivity contribution in [3.8, 4) is 0 Å². The molecule has 0 aliphatic rings. The zero-order valence-corrected chi connectivity index (χ0v) is 9.11. The van der Waals surface area contributed by atoms with Crippen molar-refractivity contribution in [3.63, 3.8) is 0 Å². The number of anilines is 2. The van der Waals surface area contributed by atoms with E-state index >= 15 is 0 Å². The highest BCUT2D eigenvalue weighted by Crippen LogP contribution is 2.14. The number of halogens is 1. The van der Waals surface area contributed by atoms with E-state index in [-0.39, 0.29) is 17.2 Å². The molecule has 92 valence electrons. The lowest BCUT2D eigenvalue weighted by molar-refractivity contribution is 0.0696. The normalized spacial score (nSPS) is 10.1. The van der Waals surface area contributed by atoms with E-state index in [1.165, 1.54) is 30.3 Å². The molecule has 0 unspecified atom stereocenters. The lowest BCUT2D eigenvalue weighted by Crippen LogP contribution is -2.11. The molecule has 18 heavy (non-hydrogen) atoms. The maximum absolute atomic E-state index is 12.7. The first-order valence-corrected chi connectivity index (χ1v) is 5.05. The summed E-state index contributed by atoms with van der Waals surface area (Å²) < 4.78 is 12.7. The molecule has 2 rings (SSSR count). The molecule has 1 aromatic heterocycles. The quantitative estimate of drug-likeness (QED) is 0.775. The Kier molecular flexibility index (Phi) is 3.09. The molecule has 3 N–H and O–H groups in total. The van der Waals surface area contributed by atoms with Gasteiger partial charge in [0.05, 0.1) is 5.56 Å². The summed E-state index contributed by atoms with van der Waals surface area (Å²) in [4.78, 5) is 24.5. The molecule has 0 amide bonds. The molecular formula is C12H9FN2O3. The third kappa shape index (κ3) is 2.73. The van der Waals surface area contributed by atoms with Crippen LogP contribution in [0, 0.1) is 5.82 Å². The minimum atomic E-state index is -1.19. The minimum Gasteiger partial charge on any atom is -0.478 e. The SMILES string of the molecule is O=C(O)c1cc(Nc2ccc(F)cc2)[nH]c(=O)c1. The molecule has 0 aliphatic heterocycles. The average molecular weight is 248 g/mol. The fraction of sp³-hybridized carbons (Fsp3) is 0. The Morgan fingerprint density at radius 1 is 1.22 bits per heavy atom. The van der Waals surface area contributed by atoms with Crippen molar-refractivity contribution in [2.45, 2.75) is 0 Å². The second kappa shape index (κ2) is 4.70. The number of aromatic carboxylic acids is 1. The maximum Gasteiger partial charge on any atom is 0.336 e.